The Kier molecular flexibility index (Phi) is 3.93. The van der Waals surface area contributed by atoms with E-state index in [2.05, 4.69) is 29.6 Å². The van der Waals surface area contributed by atoms with Crippen molar-refractivity contribution in [1.29, 1.82) is 0 Å². The molecule has 5 rings (SSSR count). The van der Waals surface area contributed by atoms with Gasteiger partial charge in [0.15, 0.2) is 0 Å². The summed E-state index contributed by atoms with van der Waals surface area (Å²) < 4.78 is 19.4. The third-order valence-corrected chi connectivity index (χ3v) is 5.54. The molecule has 0 aromatic heterocycles. The number of hydrogen-bond acceptors (Lipinski definition) is 2. The first kappa shape index (κ1) is 16.1. The van der Waals surface area contributed by atoms with Gasteiger partial charge in [0.05, 0.1) is 6.04 Å². The molecule has 3 aromatic rings. The lowest BCUT2D eigenvalue weighted by Crippen LogP contribution is -2.29. The van der Waals surface area contributed by atoms with E-state index in [0.29, 0.717) is 11.8 Å². The molecule has 2 nitrogen and oxygen atoms in total. The second-order valence-electron chi connectivity index (χ2n) is 7.19. The van der Waals surface area contributed by atoms with Gasteiger partial charge in [0, 0.05) is 11.6 Å². The Hall–Kier alpha value is -3.07. The van der Waals surface area contributed by atoms with E-state index in [0.717, 1.165) is 29.2 Å². The highest BCUT2D eigenvalue weighted by molar-refractivity contribution is 5.62. The summed E-state index contributed by atoms with van der Waals surface area (Å²) in [6, 6.07) is 23.1. The van der Waals surface area contributed by atoms with Crippen LogP contribution in [0.1, 0.15) is 29.5 Å². The lowest BCUT2D eigenvalue weighted by Gasteiger charge is -2.37. The molecule has 3 atom stereocenters. The zero-order valence-corrected chi connectivity index (χ0v) is 14.8. The topological polar surface area (TPSA) is 21.3 Å². The van der Waals surface area contributed by atoms with Gasteiger partial charge in [0.1, 0.15) is 17.3 Å². The van der Waals surface area contributed by atoms with E-state index in [-0.39, 0.29) is 11.9 Å². The van der Waals surface area contributed by atoms with Crippen LogP contribution in [-0.4, -0.2) is 0 Å². The SMILES string of the molecule is Fc1ccc([C@@H]2Nc3ccc(Oc4ccccc4)cc3[C@@H]3C=CC[C@@H]32)cc1. The van der Waals surface area contributed by atoms with Gasteiger partial charge in [-0.05, 0) is 65.9 Å². The van der Waals surface area contributed by atoms with E-state index in [1.807, 2.05) is 48.5 Å². The predicted molar refractivity (Wildman–Crippen MR) is 106 cm³/mol. The Morgan fingerprint density at radius 3 is 2.52 bits per heavy atom. The summed E-state index contributed by atoms with van der Waals surface area (Å²) in [5, 5.41) is 3.68. The second-order valence-corrected chi connectivity index (χ2v) is 7.19. The maximum atomic E-state index is 13.3. The Labute approximate surface area is 158 Å². The van der Waals surface area contributed by atoms with Gasteiger partial charge in [-0.15, -0.1) is 0 Å². The molecule has 1 N–H and O–H groups in total. The highest BCUT2D eigenvalue weighted by atomic mass is 19.1. The van der Waals surface area contributed by atoms with Crippen molar-refractivity contribution in [2.75, 3.05) is 5.32 Å². The van der Waals surface area contributed by atoms with Gasteiger partial charge in [-0.3, -0.25) is 0 Å². The summed E-state index contributed by atoms with van der Waals surface area (Å²) in [6.45, 7) is 0. The van der Waals surface area contributed by atoms with Crippen LogP contribution in [0.25, 0.3) is 0 Å². The van der Waals surface area contributed by atoms with E-state index in [1.165, 1.54) is 5.56 Å². The fraction of sp³-hybridized carbons (Fsp3) is 0.167. The van der Waals surface area contributed by atoms with Gasteiger partial charge < -0.3 is 10.1 Å². The third-order valence-electron chi connectivity index (χ3n) is 5.54. The molecule has 134 valence electrons. The van der Waals surface area contributed by atoms with E-state index in [4.69, 9.17) is 4.74 Å². The van der Waals surface area contributed by atoms with Crippen LogP contribution in [0.3, 0.4) is 0 Å². The Morgan fingerprint density at radius 1 is 0.889 bits per heavy atom. The fourth-order valence-electron chi connectivity index (χ4n) is 4.26. The first-order valence-corrected chi connectivity index (χ1v) is 9.33. The van der Waals surface area contributed by atoms with Gasteiger partial charge in [0.2, 0.25) is 0 Å². The van der Waals surface area contributed by atoms with Gasteiger partial charge in [0.25, 0.3) is 0 Å². The third kappa shape index (κ3) is 2.99. The summed E-state index contributed by atoms with van der Waals surface area (Å²) in [5.74, 6) is 2.26. The molecular weight excluding hydrogens is 337 g/mol. The summed E-state index contributed by atoms with van der Waals surface area (Å²) >= 11 is 0. The van der Waals surface area contributed by atoms with Crippen molar-refractivity contribution in [3.63, 3.8) is 0 Å². The second kappa shape index (κ2) is 6.58. The number of hydrogen-bond donors (Lipinski definition) is 1. The van der Waals surface area contributed by atoms with Crippen molar-refractivity contribution in [1.82, 2.24) is 0 Å². The molecule has 0 spiro atoms. The summed E-state index contributed by atoms with van der Waals surface area (Å²) in [5.41, 5.74) is 3.52. The van der Waals surface area contributed by atoms with E-state index in [1.54, 1.807) is 12.1 Å². The molecule has 2 aliphatic rings. The predicted octanol–water partition coefficient (Wildman–Crippen LogP) is 6.44. The standard InChI is InChI=1S/C24H20FNO/c25-17-11-9-16(10-12-17)24-21-8-4-7-20(21)22-15-19(13-14-23(22)26-24)27-18-5-2-1-3-6-18/h1-7,9-15,20-21,24,26H,8H2/t20-,21+,24+/m1/s1. The van der Waals surface area contributed by atoms with Gasteiger partial charge in [-0.25, -0.2) is 4.39 Å². The minimum Gasteiger partial charge on any atom is -0.457 e. The van der Waals surface area contributed by atoms with Crippen LogP contribution in [0.4, 0.5) is 10.1 Å². The zero-order chi connectivity index (χ0) is 18.2. The number of rotatable bonds is 3. The molecule has 3 heteroatoms. The van der Waals surface area contributed by atoms with E-state index < -0.39 is 0 Å². The Bertz CT molecular complexity index is 981. The number of halogens is 1. The summed E-state index contributed by atoms with van der Waals surface area (Å²) in [6.07, 6.45) is 5.57. The first-order valence-electron chi connectivity index (χ1n) is 9.33. The molecule has 0 amide bonds. The van der Waals surface area contributed by atoms with Crippen LogP contribution in [0.2, 0.25) is 0 Å². The molecule has 3 aromatic carbocycles. The normalized spacial score (nSPS) is 22.6. The number of benzene rings is 3. The summed E-state index contributed by atoms with van der Waals surface area (Å²) in [7, 11) is 0. The average Bonchev–Trinajstić information content (AvgIpc) is 3.19. The van der Waals surface area contributed by atoms with Gasteiger partial charge in [-0.2, -0.15) is 0 Å². The lowest BCUT2D eigenvalue weighted by atomic mass is 9.77. The van der Waals surface area contributed by atoms with E-state index >= 15 is 0 Å². The number of allylic oxidation sites excluding steroid dienone is 2. The molecule has 0 fully saturated rings. The zero-order valence-electron chi connectivity index (χ0n) is 14.8. The molecule has 0 saturated carbocycles. The van der Waals surface area contributed by atoms with Crippen molar-refractivity contribution in [2.45, 2.75) is 18.4 Å². The lowest BCUT2D eigenvalue weighted by molar-refractivity contribution is 0.422. The van der Waals surface area contributed by atoms with Gasteiger partial charge >= 0.3 is 0 Å². The Balaban J connectivity index is 1.48. The average molecular weight is 357 g/mol. The molecule has 0 bridgehead atoms. The molecule has 1 aliphatic heterocycles. The minimum absolute atomic E-state index is 0.180. The van der Waals surface area contributed by atoms with Crippen molar-refractivity contribution >= 4 is 5.69 Å². The van der Waals surface area contributed by atoms with Crippen molar-refractivity contribution in [3.8, 4) is 11.5 Å². The number of nitrogens with one attached hydrogen (secondary N) is 1. The van der Waals surface area contributed by atoms with Gasteiger partial charge in [-0.1, -0.05) is 42.5 Å². The highest BCUT2D eigenvalue weighted by Crippen LogP contribution is 2.50. The Morgan fingerprint density at radius 2 is 1.70 bits per heavy atom. The minimum atomic E-state index is -0.196. The van der Waals surface area contributed by atoms with Crippen LogP contribution < -0.4 is 10.1 Å². The number of fused-ring (bicyclic) bond motifs is 3. The molecule has 0 unspecified atom stereocenters. The van der Waals surface area contributed by atoms with Crippen LogP contribution in [0.5, 0.6) is 11.5 Å². The number of anilines is 1. The maximum Gasteiger partial charge on any atom is 0.127 e. The van der Waals surface area contributed by atoms with Crippen LogP contribution in [-0.2, 0) is 0 Å². The largest absolute Gasteiger partial charge is 0.457 e. The number of ether oxygens (including phenoxy) is 1. The fourth-order valence-corrected chi connectivity index (χ4v) is 4.26. The first-order chi connectivity index (χ1) is 13.3. The van der Waals surface area contributed by atoms with Crippen LogP contribution >= 0.6 is 0 Å². The van der Waals surface area contributed by atoms with Crippen molar-refractivity contribution < 1.29 is 9.13 Å². The molecule has 0 radical (unpaired) electrons. The quantitative estimate of drug-likeness (QED) is 0.544. The molecule has 1 aliphatic carbocycles. The molecule has 27 heavy (non-hydrogen) atoms. The monoisotopic (exact) mass is 357 g/mol. The van der Waals surface area contributed by atoms with Crippen LogP contribution in [0.15, 0.2) is 84.9 Å². The molecular formula is C24H20FNO. The van der Waals surface area contributed by atoms with Crippen molar-refractivity contribution in [2.24, 2.45) is 5.92 Å². The van der Waals surface area contributed by atoms with E-state index in [9.17, 15) is 4.39 Å². The highest BCUT2D eigenvalue weighted by Gasteiger charge is 2.38. The molecule has 1 heterocycles. The summed E-state index contributed by atoms with van der Waals surface area (Å²) in [4.78, 5) is 0. The maximum absolute atomic E-state index is 13.3. The molecule has 0 saturated heterocycles. The number of para-hydroxylation sites is 1. The smallest absolute Gasteiger partial charge is 0.127 e. The van der Waals surface area contributed by atoms with Crippen molar-refractivity contribution in [3.05, 3.63) is 102 Å². The van der Waals surface area contributed by atoms with Crippen LogP contribution in [0, 0.1) is 11.7 Å².